The van der Waals surface area contributed by atoms with Gasteiger partial charge in [0.25, 0.3) is 5.92 Å². The van der Waals surface area contributed by atoms with Crippen LogP contribution in [0, 0.1) is 5.92 Å². The molecule has 0 radical (unpaired) electrons. The zero-order chi connectivity index (χ0) is 13.9. The SMILES string of the molecule is CC(C)Cc1ccc(C(F)(F)C2CCCCN2)cc1. The van der Waals surface area contributed by atoms with Crippen LogP contribution in [0.4, 0.5) is 8.78 Å². The van der Waals surface area contributed by atoms with Crippen molar-refractivity contribution in [3.05, 3.63) is 35.4 Å². The van der Waals surface area contributed by atoms with Crippen molar-refractivity contribution >= 4 is 0 Å². The van der Waals surface area contributed by atoms with Gasteiger partial charge in [0.05, 0.1) is 6.04 Å². The van der Waals surface area contributed by atoms with E-state index in [-0.39, 0.29) is 5.56 Å². The first-order valence-corrected chi connectivity index (χ1v) is 7.20. The van der Waals surface area contributed by atoms with E-state index < -0.39 is 12.0 Å². The Morgan fingerprint density at radius 1 is 1.21 bits per heavy atom. The molecule has 19 heavy (non-hydrogen) atoms. The van der Waals surface area contributed by atoms with Gasteiger partial charge < -0.3 is 5.32 Å². The van der Waals surface area contributed by atoms with Crippen LogP contribution >= 0.6 is 0 Å². The number of alkyl halides is 2. The monoisotopic (exact) mass is 267 g/mol. The van der Waals surface area contributed by atoms with Gasteiger partial charge in [0.2, 0.25) is 0 Å². The molecule has 1 heterocycles. The molecule has 3 heteroatoms. The van der Waals surface area contributed by atoms with E-state index in [9.17, 15) is 8.78 Å². The summed E-state index contributed by atoms with van der Waals surface area (Å²) in [6, 6.07) is 6.15. The van der Waals surface area contributed by atoms with Crippen molar-refractivity contribution in [2.75, 3.05) is 6.54 Å². The summed E-state index contributed by atoms with van der Waals surface area (Å²) in [4.78, 5) is 0. The highest BCUT2D eigenvalue weighted by molar-refractivity contribution is 5.27. The Bertz CT molecular complexity index is 392. The summed E-state index contributed by atoms with van der Waals surface area (Å²) in [5.41, 5.74) is 1.27. The van der Waals surface area contributed by atoms with Crippen molar-refractivity contribution in [2.24, 2.45) is 5.92 Å². The lowest BCUT2D eigenvalue weighted by Crippen LogP contribution is -2.45. The molecular weight excluding hydrogens is 244 g/mol. The molecule has 0 saturated carbocycles. The minimum Gasteiger partial charge on any atom is -0.308 e. The summed E-state index contributed by atoms with van der Waals surface area (Å²) in [6.07, 6.45) is 3.38. The van der Waals surface area contributed by atoms with E-state index >= 15 is 0 Å². The maximum Gasteiger partial charge on any atom is 0.288 e. The van der Waals surface area contributed by atoms with Crippen LogP contribution < -0.4 is 5.32 Å². The molecule has 0 aromatic heterocycles. The number of hydrogen-bond acceptors (Lipinski definition) is 1. The quantitative estimate of drug-likeness (QED) is 0.865. The third kappa shape index (κ3) is 3.53. The molecule has 106 valence electrons. The highest BCUT2D eigenvalue weighted by Crippen LogP contribution is 2.35. The van der Waals surface area contributed by atoms with Crippen LogP contribution in [-0.4, -0.2) is 12.6 Å². The minimum absolute atomic E-state index is 0.138. The first kappa shape index (κ1) is 14.4. The molecule has 1 N–H and O–H groups in total. The lowest BCUT2D eigenvalue weighted by Gasteiger charge is -2.31. The second-order valence-electron chi connectivity index (χ2n) is 5.92. The third-order valence-corrected chi connectivity index (χ3v) is 3.73. The largest absolute Gasteiger partial charge is 0.308 e. The highest BCUT2D eigenvalue weighted by atomic mass is 19.3. The number of nitrogens with one attached hydrogen (secondary N) is 1. The van der Waals surface area contributed by atoms with Gasteiger partial charge in [-0.1, -0.05) is 44.5 Å². The van der Waals surface area contributed by atoms with Crippen LogP contribution in [0.5, 0.6) is 0 Å². The Balaban J connectivity index is 2.11. The molecule has 1 atom stereocenters. The molecule has 1 unspecified atom stereocenters. The molecule has 1 nitrogen and oxygen atoms in total. The van der Waals surface area contributed by atoms with Gasteiger partial charge in [-0.25, -0.2) is 0 Å². The van der Waals surface area contributed by atoms with Gasteiger partial charge in [-0.15, -0.1) is 0 Å². The van der Waals surface area contributed by atoms with Crippen LogP contribution in [0.25, 0.3) is 0 Å². The highest BCUT2D eigenvalue weighted by Gasteiger charge is 2.41. The van der Waals surface area contributed by atoms with Crippen LogP contribution in [0.3, 0.4) is 0 Å². The van der Waals surface area contributed by atoms with Gasteiger partial charge in [-0.3, -0.25) is 0 Å². The second kappa shape index (κ2) is 6.00. The number of rotatable bonds is 4. The molecule has 0 aliphatic carbocycles. The maximum atomic E-state index is 14.4. The molecule has 1 aromatic rings. The van der Waals surface area contributed by atoms with E-state index in [2.05, 4.69) is 19.2 Å². The topological polar surface area (TPSA) is 12.0 Å². The fraction of sp³-hybridized carbons (Fsp3) is 0.625. The summed E-state index contributed by atoms with van der Waals surface area (Å²) in [6.45, 7) is 4.97. The first-order valence-electron chi connectivity index (χ1n) is 7.20. The standard InChI is InChI=1S/C16H23F2N/c1-12(2)11-13-6-8-14(9-7-13)16(17,18)15-5-3-4-10-19-15/h6-9,12,15,19H,3-5,10-11H2,1-2H3. The maximum absolute atomic E-state index is 14.4. The average molecular weight is 267 g/mol. The van der Waals surface area contributed by atoms with E-state index in [0.29, 0.717) is 18.9 Å². The zero-order valence-electron chi connectivity index (χ0n) is 11.8. The molecule has 0 spiro atoms. The minimum atomic E-state index is -2.77. The van der Waals surface area contributed by atoms with Gasteiger partial charge in [0.15, 0.2) is 0 Å². The van der Waals surface area contributed by atoms with Gasteiger partial charge in [-0.2, -0.15) is 8.78 Å². The van der Waals surface area contributed by atoms with Crippen molar-refractivity contribution in [3.8, 4) is 0 Å². The van der Waals surface area contributed by atoms with Crippen molar-refractivity contribution in [3.63, 3.8) is 0 Å². The number of halogens is 2. The molecule has 0 amide bonds. The van der Waals surface area contributed by atoms with Crippen LogP contribution in [-0.2, 0) is 12.3 Å². The number of piperidine rings is 1. The Morgan fingerprint density at radius 2 is 1.89 bits per heavy atom. The molecular formula is C16H23F2N. The van der Waals surface area contributed by atoms with Crippen LogP contribution in [0.15, 0.2) is 24.3 Å². The molecule has 2 rings (SSSR count). The normalized spacial score (nSPS) is 20.8. The number of benzene rings is 1. The molecule has 1 saturated heterocycles. The van der Waals surface area contributed by atoms with Crippen LogP contribution in [0.2, 0.25) is 0 Å². The lowest BCUT2D eigenvalue weighted by atomic mass is 9.92. The van der Waals surface area contributed by atoms with Crippen molar-refractivity contribution in [2.45, 2.75) is 51.5 Å². The summed E-state index contributed by atoms with van der Waals surface area (Å²) >= 11 is 0. The summed E-state index contributed by atoms with van der Waals surface area (Å²) in [5, 5.41) is 2.95. The van der Waals surface area contributed by atoms with Gasteiger partial charge in [-0.05, 0) is 37.3 Å². The van der Waals surface area contributed by atoms with Gasteiger partial charge in [0, 0.05) is 5.56 Å². The predicted octanol–water partition coefficient (Wildman–Crippen LogP) is 4.12. The molecule has 1 aromatic carbocycles. The van der Waals surface area contributed by atoms with Gasteiger partial charge in [0.1, 0.15) is 0 Å². The summed E-state index contributed by atoms with van der Waals surface area (Å²) in [7, 11) is 0. The third-order valence-electron chi connectivity index (χ3n) is 3.73. The predicted molar refractivity (Wildman–Crippen MR) is 74.5 cm³/mol. The van der Waals surface area contributed by atoms with E-state index in [1.54, 1.807) is 12.1 Å². The smallest absolute Gasteiger partial charge is 0.288 e. The van der Waals surface area contributed by atoms with E-state index in [0.717, 1.165) is 24.8 Å². The Hall–Kier alpha value is -0.960. The van der Waals surface area contributed by atoms with E-state index in [1.165, 1.54) is 0 Å². The fourth-order valence-electron chi connectivity index (χ4n) is 2.70. The van der Waals surface area contributed by atoms with Gasteiger partial charge >= 0.3 is 0 Å². The molecule has 1 aliphatic heterocycles. The Morgan fingerprint density at radius 3 is 2.42 bits per heavy atom. The average Bonchev–Trinajstić information content (AvgIpc) is 2.40. The Labute approximate surface area is 114 Å². The molecule has 1 fully saturated rings. The van der Waals surface area contributed by atoms with Crippen LogP contribution in [0.1, 0.15) is 44.2 Å². The molecule has 1 aliphatic rings. The zero-order valence-corrected chi connectivity index (χ0v) is 11.8. The second-order valence-corrected chi connectivity index (χ2v) is 5.92. The Kier molecular flexibility index (Phi) is 4.56. The lowest BCUT2D eigenvalue weighted by molar-refractivity contribution is -0.0512. The van der Waals surface area contributed by atoms with E-state index in [4.69, 9.17) is 0 Å². The number of hydrogen-bond donors (Lipinski definition) is 1. The first-order chi connectivity index (χ1) is 9.00. The summed E-state index contributed by atoms with van der Waals surface area (Å²) in [5.74, 6) is -2.22. The fourth-order valence-corrected chi connectivity index (χ4v) is 2.70. The van der Waals surface area contributed by atoms with Crippen molar-refractivity contribution in [1.29, 1.82) is 0 Å². The van der Waals surface area contributed by atoms with Crippen molar-refractivity contribution < 1.29 is 8.78 Å². The molecule has 0 bridgehead atoms. The van der Waals surface area contributed by atoms with E-state index in [1.807, 2.05) is 12.1 Å². The van der Waals surface area contributed by atoms with Crippen molar-refractivity contribution in [1.82, 2.24) is 5.32 Å². The summed E-state index contributed by atoms with van der Waals surface area (Å²) < 4.78 is 28.7.